The second-order valence-corrected chi connectivity index (χ2v) is 5.55. The van der Waals surface area contributed by atoms with E-state index >= 15 is 0 Å². The van der Waals surface area contributed by atoms with E-state index in [1.807, 2.05) is 0 Å². The molecule has 1 aromatic heterocycles. The molecule has 0 radical (unpaired) electrons. The number of ether oxygens (including phenoxy) is 2. The highest BCUT2D eigenvalue weighted by atomic mass is 16.6. The van der Waals surface area contributed by atoms with E-state index in [-0.39, 0.29) is 11.6 Å². The maximum Gasteiger partial charge on any atom is 0.407 e. The zero-order valence-electron chi connectivity index (χ0n) is 13.3. The molecule has 0 aliphatic rings. The largest absolute Gasteiger partial charge is 0.472 e. The van der Waals surface area contributed by atoms with Crippen molar-refractivity contribution in [1.82, 2.24) is 15.1 Å². The number of nitrogens with zero attached hydrogens (tertiary/aromatic N) is 3. The molecule has 1 amide bonds. The fourth-order valence-corrected chi connectivity index (χ4v) is 1.62. The van der Waals surface area contributed by atoms with Crippen molar-refractivity contribution in [3.05, 3.63) is 16.3 Å². The van der Waals surface area contributed by atoms with Gasteiger partial charge in [-0.05, 0) is 34.1 Å². The Hall–Kier alpha value is -2.32. The Morgan fingerprint density at radius 1 is 1.50 bits per heavy atom. The number of rotatable bonds is 7. The van der Waals surface area contributed by atoms with Gasteiger partial charge in [0.2, 0.25) is 0 Å². The Morgan fingerprint density at radius 2 is 2.18 bits per heavy atom. The van der Waals surface area contributed by atoms with Crippen LogP contribution in [0.4, 0.5) is 10.5 Å². The number of nitrogens with one attached hydrogen (secondary N) is 1. The summed E-state index contributed by atoms with van der Waals surface area (Å²) in [7, 11) is 0. The molecule has 0 aliphatic heterocycles. The van der Waals surface area contributed by atoms with Crippen LogP contribution in [0.2, 0.25) is 0 Å². The molecule has 9 nitrogen and oxygen atoms in total. The first-order valence-corrected chi connectivity index (χ1v) is 7.04. The third-order valence-corrected chi connectivity index (χ3v) is 2.42. The van der Waals surface area contributed by atoms with Crippen molar-refractivity contribution in [2.24, 2.45) is 0 Å². The van der Waals surface area contributed by atoms with Gasteiger partial charge in [0.15, 0.2) is 0 Å². The first-order valence-electron chi connectivity index (χ1n) is 7.04. The van der Waals surface area contributed by atoms with Crippen LogP contribution in [0.1, 0.15) is 34.1 Å². The van der Waals surface area contributed by atoms with Crippen molar-refractivity contribution < 1.29 is 19.2 Å². The van der Waals surface area contributed by atoms with Gasteiger partial charge in [-0.3, -0.25) is 14.8 Å². The summed E-state index contributed by atoms with van der Waals surface area (Å²) >= 11 is 0. The van der Waals surface area contributed by atoms with Crippen molar-refractivity contribution in [1.29, 1.82) is 0 Å². The van der Waals surface area contributed by atoms with Gasteiger partial charge in [0.1, 0.15) is 11.8 Å². The van der Waals surface area contributed by atoms with E-state index in [1.54, 1.807) is 27.7 Å². The molecule has 0 saturated carbocycles. The van der Waals surface area contributed by atoms with Crippen LogP contribution in [-0.2, 0) is 11.3 Å². The lowest BCUT2D eigenvalue weighted by Gasteiger charge is -2.19. The lowest BCUT2D eigenvalue weighted by Crippen LogP contribution is -2.33. The number of nitro groups is 1. The number of carbonyl (C=O) groups excluding carboxylic acids is 1. The van der Waals surface area contributed by atoms with Crippen LogP contribution in [-0.4, -0.2) is 39.5 Å². The van der Waals surface area contributed by atoms with Gasteiger partial charge < -0.3 is 14.8 Å². The first kappa shape index (κ1) is 17.7. The second kappa shape index (κ2) is 7.62. The van der Waals surface area contributed by atoms with Crippen molar-refractivity contribution in [2.45, 2.75) is 46.3 Å². The fourth-order valence-electron chi connectivity index (χ4n) is 1.62. The van der Waals surface area contributed by atoms with Gasteiger partial charge in [0.05, 0.1) is 11.5 Å². The number of alkyl carbamates (subject to hydrolysis) is 1. The maximum absolute atomic E-state index is 11.4. The van der Waals surface area contributed by atoms with Crippen molar-refractivity contribution in [3.63, 3.8) is 0 Å². The van der Waals surface area contributed by atoms with Gasteiger partial charge in [-0.15, -0.1) is 5.10 Å². The third-order valence-electron chi connectivity index (χ3n) is 2.42. The van der Waals surface area contributed by atoms with Crippen LogP contribution in [0.15, 0.2) is 6.20 Å². The molecule has 22 heavy (non-hydrogen) atoms. The highest BCUT2D eigenvalue weighted by Gasteiger charge is 2.20. The molecule has 0 unspecified atom stereocenters. The standard InChI is InChI=1S/C13H22N4O5/c1-5-21-11-10(17(19)20)9-16(15-11)8-6-7-14-12(18)22-13(2,3)4/h9H,5-8H2,1-4H3,(H,14,18). The third kappa shape index (κ3) is 5.98. The van der Waals surface area contributed by atoms with Crippen molar-refractivity contribution in [3.8, 4) is 5.88 Å². The molecule has 1 heterocycles. The average molecular weight is 314 g/mol. The fraction of sp³-hybridized carbons (Fsp3) is 0.692. The highest BCUT2D eigenvalue weighted by molar-refractivity contribution is 5.67. The van der Waals surface area contributed by atoms with Gasteiger partial charge >= 0.3 is 17.7 Å². The topological polar surface area (TPSA) is 109 Å². The van der Waals surface area contributed by atoms with Gasteiger partial charge in [0.25, 0.3) is 0 Å². The van der Waals surface area contributed by atoms with E-state index in [9.17, 15) is 14.9 Å². The smallest absolute Gasteiger partial charge is 0.407 e. The SMILES string of the molecule is CCOc1nn(CCCNC(=O)OC(C)(C)C)cc1[N+](=O)[O-]. The molecule has 1 rings (SSSR count). The molecule has 0 fully saturated rings. The van der Waals surface area contributed by atoms with E-state index in [0.717, 1.165) is 0 Å². The Balaban J connectivity index is 2.44. The predicted molar refractivity (Wildman–Crippen MR) is 78.9 cm³/mol. The molecule has 0 atom stereocenters. The number of amides is 1. The normalized spacial score (nSPS) is 11.1. The summed E-state index contributed by atoms with van der Waals surface area (Å²) in [5, 5.41) is 17.5. The molecule has 1 N–H and O–H groups in total. The Morgan fingerprint density at radius 3 is 2.73 bits per heavy atom. The summed E-state index contributed by atoms with van der Waals surface area (Å²) in [5.74, 6) is 0.00704. The quantitative estimate of drug-likeness (QED) is 0.469. The number of aromatic nitrogens is 2. The minimum absolute atomic E-state index is 0.00704. The molecule has 124 valence electrons. The van der Waals surface area contributed by atoms with Gasteiger partial charge in [-0.25, -0.2) is 4.79 Å². The van der Waals surface area contributed by atoms with E-state index in [1.165, 1.54) is 10.9 Å². The summed E-state index contributed by atoms with van der Waals surface area (Å²) in [6.45, 7) is 8.18. The highest BCUT2D eigenvalue weighted by Crippen LogP contribution is 2.24. The molecule has 0 aliphatic carbocycles. The monoisotopic (exact) mass is 314 g/mol. The number of hydrogen-bond donors (Lipinski definition) is 1. The predicted octanol–water partition coefficient (Wildman–Crippen LogP) is 2.10. The van der Waals surface area contributed by atoms with E-state index in [4.69, 9.17) is 9.47 Å². The first-order chi connectivity index (χ1) is 10.2. The van der Waals surface area contributed by atoms with Gasteiger partial charge in [-0.2, -0.15) is 0 Å². The molecule has 9 heteroatoms. The molecule has 1 aromatic rings. The summed E-state index contributed by atoms with van der Waals surface area (Å²) in [6.07, 6.45) is 1.39. The summed E-state index contributed by atoms with van der Waals surface area (Å²) in [6, 6.07) is 0. The minimum Gasteiger partial charge on any atom is -0.472 e. The molecular formula is C13H22N4O5. The van der Waals surface area contributed by atoms with Crippen molar-refractivity contribution >= 4 is 11.8 Å². The zero-order valence-corrected chi connectivity index (χ0v) is 13.3. The van der Waals surface area contributed by atoms with Gasteiger partial charge in [0, 0.05) is 13.1 Å². The Kier molecular flexibility index (Phi) is 6.14. The lowest BCUT2D eigenvalue weighted by molar-refractivity contribution is -0.385. The lowest BCUT2D eigenvalue weighted by atomic mass is 10.2. The Labute approximate surface area is 128 Å². The number of hydrogen-bond acceptors (Lipinski definition) is 6. The number of aryl methyl sites for hydroxylation is 1. The summed E-state index contributed by atoms with van der Waals surface area (Å²) < 4.78 is 11.6. The minimum atomic E-state index is -0.543. The van der Waals surface area contributed by atoms with Crippen LogP contribution >= 0.6 is 0 Å². The van der Waals surface area contributed by atoms with Crippen LogP contribution in [0.25, 0.3) is 0 Å². The van der Waals surface area contributed by atoms with E-state index in [0.29, 0.717) is 26.1 Å². The molecule has 0 saturated heterocycles. The van der Waals surface area contributed by atoms with E-state index < -0.39 is 16.6 Å². The van der Waals surface area contributed by atoms with Gasteiger partial charge in [-0.1, -0.05) is 0 Å². The Bertz CT molecular complexity index is 521. The molecule has 0 aromatic carbocycles. The van der Waals surface area contributed by atoms with Crippen molar-refractivity contribution in [2.75, 3.05) is 13.2 Å². The summed E-state index contributed by atoms with van der Waals surface area (Å²) in [4.78, 5) is 21.8. The van der Waals surface area contributed by atoms with E-state index in [2.05, 4.69) is 10.4 Å². The average Bonchev–Trinajstić information content (AvgIpc) is 2.76. The van der Waals surface area contributed by atoms with Crippen LogP contribution < -0.4 is 10.1 Å². The zero-order chi connectivity index (χ0) is 16.8. The molecule has 0 spiro atoms. The number of carbonyl (C=O) groups is 1. The molecular weight excluding hydrogens is 292 g/mol. The van der Waals surface area contributed by atoms with Crippen LogP contribution in [0, 0.1) is 10.1 Å². The van der Waals surface area contributed by atoms with Crippen LogP contribution in [0.5, 0.6) is 5.88 Å². The molecule has 0 bridgehead atoms. The maximum atomic E-state index is 11.4. The van der Waals surface area contributed by atoms with Crippen LogP contribution in [0.3, 0.4) is 0 Å². The second-order valence-electron chi connectivity index (χ2n) is 5.55. The summed E-state index contributed by atoms with van der Waals surface area (Å²) in [5.41, 5.74) is -0.707.